The predicted molar refractivity (Wildman–Crippen MR) is 40.0 cm³/mol. The summed E-state index contributed by atoms with van der Waals surface area (Å²) >= 11 is 0. The van der Waals surface area contributed by atoms with Gasteiger partial charge in [-0.1, -0.05) is 12.2 Å². The molecule has 0 rings (SSSR count). The Hall–Kier alpha value is -1.27. The molecule has 54 valence electrons. The molecule has 0 aliphatic heterocycles. The highest BCUT2D eigenvalue weighted by Gasteiger charge is 1.87. The van der Waals surface area contributed by atoms with Crippen molar-refractivity contribution in [3.63, 3.8) is 0 Å². The molecule has 3 nitrogen and oxygen atoms in total. The van der Waals surface area contributed by atoms with Crippen LogP contribution in [-0.2, 0) is 4.79 Å². The van der Waals surface area contributed by atoms with E-state index in [0.717, 1.165) is 0 Å². The first-order chi connectivity index (χ1) is 4.81. The summed E-state index contributed by atoms with van der Waals surface area (Å²) in [4.78, 5) is 10.4. The summed E-state index contributed by atoms with van der Waals surface area (Å²) in [5.41, 5.74) is 5.14. The molecule has 0 saturated heterocycles. The van der Waals surface area contributed by atoms with Crippen molar-refractivity contribution in [3.05, 3.63) is 12.2 Å². The minimum atomic E-state index is -0.401. The second-order valence-corrected chi connectivity index (χ2v) is 1.56. The first kappa shape index (κ1) is 8.73. The van der Waals surface area contributed by atoms with Crippen LogP contribution >= 0.6 is 0 Å². The quantitative estimate of drug-likeness (QED) is 0.398. The van der Waals surface area contributed by atoms with Crippen LogP contribution < -0.4 is 11.1 Å². The van der Waals surface area contributed by atoms with E-state index in [2.05, 4.69) is 5.32 Å². The number of hydrogen-bond acceptors (Lipinski definition) is 2. The molecule has 0 saturated carbocycles. The van der Waals surface area contributed by atoms with Gasteiger partial charge in [-0.3, -0.25) is 4.79 Å². The molecule has 0 aromatic carbocycles. The molecule has 3 heteroatoms. The molecule has 0 unspecified atom stereocenters. The molecule has 0 bridgehead atoms. The largest absolute Gasteiger partial charge is 0.342 e. The van der Waals surface area contributed by atoms with Crippen molar-refractivity contribution >= 4 is 5.91 Å². The highest BCUT2D eigenvalue weighted by molar-refractivity contribution is 5.92. The summed E-state index contributed by atoms with van der Waals surface area (Å²) in [7, 11) is 0. The monoisotopic (exact) mass is 138 g/mol. The fraction of sp³-hybridized carbons (Fsp3) is 0.286. The molecule has 0 aromatic rings. The van der Waals surface area contributed by atoms with Gasteiger partial charge in [-0.15, -0.1) is 6.42 Å². The molecule has 3 N–H and O–H groups in total. The summed E-state index contributed by atoms with van der Waals surface area (Å²) < 4.78 is 0. The van der Waals surface area contributed by atoms with Crippen LogP contribution in [0.1, 0.15) is 0 Å². The first-order valence-corrected chi connectivity index (χ1v) is 2.90. The number of nitrogens with one attached hydrogen (secondary N) is 1. The van der Waals surface area contributed by atoms with E-state index >= 15 is 0 Å². The van der Waals surface area contributed by atoms with Crippen LogP contribution in [0.2, 0.25) is 0 Å². The van der Waals surface area contributed by atoms with Crippen molar-refractivity contribution < 1.29 is 4.79 Å². The lowest BCUT2D eigenvalue weighted by Gasteiger charge is -1.91. The maximum atomic E-state index is 10.4. The van der Waals surface area contributed by atoms with Gasteiger partial charge >= 0.3 is 0 Å². The molecular formula is C7H10N2O. The van der Waals surface area contributed by atoms with Gasteiger partial charge in [-0.2, -0.15) is 0 Å². The van der Waals surface area contributed by atoms with Gasteiger partial charge in [-0.25, -0.2) is 0 Å². The molecular weight excluding hydrogens is 128 g/mol. The Bertz CT molecular complexity index is 167. The normalized spacial score (nSPS) is 9.20. The van der Waals surface area contributed by atoms with E-state index in [1.807, 2.05) is 5.92 Å². The number of hydrogen-bond donors (Lipinski definition) is 2. The Morgan fingerprint density at radius 2 is 2.40 bits per heavy atom. The van der Waals surface area contributed by atoms with Gasteiger partial charge in [0.2, 0.25) is 0 Å². The van der Waals surface area contributed by atoms with E-state index in [0.29, 0.717) is 13.1 Å². The lowest BCUT2D eigenvalue weighted by molar-refractivity contribution is -0.115. The zero-order valence-corrected chi connectivity index (χ0v) is 5.63. The fourth-order valence-electron chi connectivity index (χ4n) is 0.382. The molecule has 0 heterocycles. The third kappa shape index (κ3) is 4.88. The number of nitrogens with two attached hydrogens (primary N) is 1. The average molecular weight is 138 g/mol. The Labute approximate surface area is 60.3 Å². The van der Waals surface area contributed by atoms with Crippen LogP contribution in [0.15, 0.2) is 12.2 Å². The number of rotatable bonds is 3. The molecule has 0 radical (unpaired) electrons. The molecule has 0 aromatic heterocycles. The van der Waals surface area contributed by atoms with Gasteiger partial charge in [-0.05, 0) is 5.92 Å². The Morgan fingerprint density at radius 3 is 2.90 bits per heavy atom. The molecule has 0 aliphatic rings. The minimum Gasteiger partial charge on any atom is -0.342 e. The Kier molecular flexibility index (Phi) is 5.12. The number of carbonyl (C=O) groups is 1. The lowest BCUT2D eigenvalue weighted by atomic mass is 10.5. The smallest absolute Gasteiger partial charge is 0.295 e. The standard InChI is InChI=1S/C7H10N2O/c1-2-7(10)9-6-4-3-5-8/h1,3-4H,5-6,8H2,(H,9,10)/b4-3+. The lowest BCUT2D eigenvalue weighted by Crippen LogP contribution is -2.21. The SMILES string of the molecule is C#CC(=O)NC/C=C/CN. The van der Waals surface area contributed by atoms with Crippen molar-refractivity contribution in [3.8, 4) is 12.3 Å². The number of terminal acetylenes is 1. The highest BCUT2D eigenvalue weighted by Crippen LogP contribution is 1.66. The number of carbonyl (C=O) groups excluding carboxylic acids is 1. The van der Waals surface area contributed by atoms with Gasteiger partial charge in [0.25, 0.3) is 5.91 Å². The second-order valence-electron chi connectivity index (χ2n) is 1.56. The van der Waals surface area contributed by atoms with E-state index in [1.165, 1.54) is 0 Å². The predicted octanol–water partition coefficient (Wildman–Crippen LogP) is -0.749. The van der Waals surface area contributed by atoms with E-state index in [-0.39, 0.29) is 0 Å². The van der Waals surface area contributed by atoms with Crippen molar-refractivity contribution in [2.45, 2.75) is 0 Å². The summed E-state index contributed by atoms with van der Waals surface area (Å²) in [5.74, 6) is 1.53. The minimum absolute atomic E-state index is 0.401. The molecule has 0 spiro atoms. The van der Waals surface area contributed by atoms with Crippen LogP contribution in [0.3, 0.4) is 0 Å². The topological polar surface area (TPSA) is 55.1 Å². The Morgan fingerprint density at radius 1 is 1.70 bits per heavy atom. The number of amides is 1. The summed E-state index contributed by atoms with van der Waals surface area (Å²) in [6.07, 6.45) is 8.27. The van der Waals surface area contributed by atoms with Crippen LogP contribution in [0.5, 0.6) is 0 Å². The van der Waals surface area contributed by atoms with E-state index < -0.39 is 5.91 Å². The third-order valence-electron chi connectivity index (χ3n) is 0.814. The highest BCUT2D eigenvalue weighted by atomic mass is 16.1. The van der Waals surface area contributed by atoms with Gasteiger partial charge in [0, 0.05) is 13.1 Å². The fourth-order valence-corrected chi connectivity index (χ4v) is 0.382. The molecule has 0 atom stereocenters. The third-order valence-corrected chi connectivity index (χ3v) is 0.814. The molecule has 0 aliphatic carbocycles. The summed E-state index contributed by atoms with van der Waals surface area (Å²) in [5, 5.41) is 2.45. The van der Waals surface area contributed by atoms with Crippen LogP contribution in [0.25, 0.3) is 0 Å². The summed E-state index contributed by atoms with van der Waals surface area (Å²) in [6.45, 7) is 0.923. The summed E-state index contributed by atoms with van der Waals surface area (Å²) in [6, 6.07) is 0. The molecule has 0 fully saturated rings. The van der Waals surface area contributed by atoms with Crippen LogP contribution in [-0.4, -0.2) is 19.0 Å². The maximum absolute atomic E-state index is 10.4. The van der Waals surface area contributed by atoms with Crippen molar-refractivity contribution in [1.82, 2.24) is 5.32 Å². The zero-order valence-electron chi connectivity index (χ0n) is 5.63. The van der Waals surface area contributed by atoms with E-state index in [9.17, 15) is 4.79 Å². The molecule has 1 amide bonds. The van der Waals surface area contributed by atoms with Gasteiger partial charge in [0.15, 0.2) is 0 Å². The van der Waals surface area contributed by atoms with Crippen molar-refractivity contribution in [1.29, 1.82) is 0 Å². The van der Waals surface area contributed by atoms with Crippen molar-refractivity contribution in [2.75, 3.05) is 13.1 Å². The van der Waals surface area contributed by atoms with Gasteiger partial charge in [0.05, 0.1) is 0 Å². The van der Waals surface area contributed by atoms with E-state index in [4.69, 9.17) is 12.2 Å². The van der Waals surface area contributed by atoms with Gasteiger partial charge < -0.3 is 11.1 Å². The van der Waals surface area contributed by atoms with Crippen molar-refractivity contribution in [2.24, 2.45) is 5.73 Å². The second kappa shape index (κ2) is 5.86. The first-order valence-electron chi connectivity index (χ1n) is 2.90. The van der Waals surface area contributed by atoms with Crippen LogP contribution in [0, 0.1) is 12.3 Å². The van der Waals surface area contributed by atoms with Crippen LogP contribution in [0.4, 0.5) is 0 Å². The zero-order chi connectivity index (χ0) is 7.82. The Balaban J connectivity index is 3.30. The van der Waals surface area contributed by atoms with Gasteiger partial charge in [0.1, 0.15) is 0 Å². The van der Waals surface area contributed by atoms with E-state index in [1.54, 1.807) is 12.2 Å². The average Bonchev–Trinajstić information content (AvgIpc) is 1.98. The maximum Gasteiger partial charge on any atom is 0.295 e. The molecule has 10 heavy (non-hydrogen) atoms.